The van der Waals surface area contributed by atoms with Crippen LogP contribution in [-0.2, 0) is 5.41 Å². The van der Waals surface area contributed by atoms with E-state index in [-0.39, 0.29) is 11.3 Å². The molecule has 1 saturated heterocycles. The van der Waals surface area contributed by atoms with Gasteiger partial charge in [0.1, 0.15) is 0 Å². The van der Waals surface area contributed by atoms with Crippen molar-refractivity contribution in [1.82, 2.24) is 9.88 Å². The number of hydrogen-bond acceptors (Lipinski definition) is 1. The summed E-state index contributed by atoms with van der Waals surface area (Å²) < 4.78 is 0. The molecule has 1 aromatic carbocycles. The van der Waals surface area contributed by atoms with Gasteiger partial charge < -0.3 is 9.88 Å². The van der Waals surface area contributed by atoms with Crippen LogP contribution in [0.15, 0.2) is 48.8 Å². The molecule has 1 unspecified atom stereocenters. The van der Waals surface area contributed by atoms with Crippen LogP contribution >= 0.6 is 0 Å². The van der Waals surface area contributed by atoms with Gasteiger partial charge in [-0.1, -0.05) is 37.3 Å². The Morgan fingerprint density at radius 1 is 1.25 bits per heavy atom. The first-order valence-corrected chi connectivity index (χ1v) is 7.17. The molecule has 104 valence electrons. The van der Waals surface area contributed by atoms with Crippen molar-refractivity contribution < 1.29 is 4.79 Å². The summed E-state index contributed by atoms with van der Waals surface area (Å²) in [6, 6.07) is 12.4. The molecule has 2 aromatic rings. The highest BCUT2D eigenvalue weighted by molar-refractivity contribution is 5.94. The number of nitrogens with zero attached hydrogens (tertiary/aromatic N) is 1. The van der Waals surface area contributed by atoms with Crippen LogP contribution in [0.1, 0.15) is 35.7 Å². The van der Waals surface area contributed by atoms with Gasteiger partial charge >= 0.3 is 0 Å². The maximum Gasteiger partial charge on any atom is 0.255 e. The van der Waals surface area contributed by atoms with Crippen molar-refractivity contribution in [3.8, 4) is 0 Å². The number of piperidine rings is 1. The highest BCUT2D eigenvalue weighted by Gasteiger charge is 2.34. The Balaban J connectivity index is 1.82. The Kier molecular flexibility index (Phi) is 3.35. The van der Waals surface area contributed by atoms with Gasteiger partial charge in [0.05, 0.1) is 5.56 Å². The van der Waals surface area contributed by atoms with Crippen molar-refractivity contribution in [2.24, 2.45) is 0 Å². The topological polar surface area (TPSA) is 36.1 Å². The van der Waals surface area contributed by atoms with Crippen molar-refractivity contribution in [3.63, 3.8) is 0 Å². The van der Waals surface area contributed by atoms with Crippen LogP contribution in [0.25, 0.3) is 0 Å². The number of aromatic amines is 1. The number of aromatic nitrogens is 1. The maximum atomic E-state index is 12.5. The average molecular weight is 268 g/mol. The van der Waals surface area contributed by atoms with Gasteiger partial charge in [-0.05, 0) is 24.5 Å². The highest BCUT2D eigenvalue weighted by atomic mass is 16.2. The standard InChI is InChI=1S/C17H20N2O/c1-17(15-6-3-2-4-7-15)9-5-11-19(13-17)16(20)14-8-10-18-12-14/h2-4,6-8,10,12,18H,5,9,11,13H2,1H3. The van der Waals surface area contributed by atoms with Crippen LogP contribution in [-0.4, -0.2) is 28.9 Å². The van der Waals surface area contributed by atoms with E-state index < -0.39 is 0 Å². The number of benzene rings is 1. The molecule has 1 aliphatic heterocycles. The summed E-state index contributed by atoms with van der Waals surface area (Å²) in [6.07, 6.45) is 5.76. The van der Waals surface area contributed by atoms with Gasteiger partial charge in [0, 0.05) is 30.9 Å². The highest BCUT2D eigenvalue weighted by Crippen LogP contribution is 2.34. The third-order valence-corrected chi connectivity index (χ3v) is 4.30. The molecule has 0 spiro atoms. The summed E-state index contributed by atoms with van der Waals surface area (Å²) in [5.74, 6) is 0.133. The molecule has 0 saturated carbocycles. The van der Waals surface area contributed by atoms with Gasteiger partial charge in [0.15, 0.2) is 0 Å². The van der Waals surface area contributed by atoms with Gasteiger partial charge in [-0.2, -0.15) is 0 Å². The van der Waals surface area contributed by atoms with Crippen LogP contribution in [0, 0.1) is 0 Å². The van der Waals surface area contributed by atoms with E-state index >= 15 is 0 Å². The number of carbonyl (C=O) groups excluding carboxylic acids is 1. The van der Waals surface area contributed by atoms with E-state index in [1.54, 1.807) is 12.4 Å². The lowest BCUT2D eigenvalue weighted by Crippen LogP contribution is -2.47. The Hall–Kier alpha value is -2.03. The van der Waals surface area contributed by atoms with Crippen molar-refractivity contribution in [2.75, 3.05) is 13.1 Å². The molecule has 1 aliphatic rings. The van der Waals surface area contributed by atoms with E-state index in [1.165, 1.54) is 5.56 Å². The molecule has 1 fully saturated rings. The molecule has 0 aliphatic carbocycles. The van der Waals surface area contributed by atoms with E-state index in [9.17, 15) is 4.79 Å². The molecular formula is C17H20N2O. The summed E-state index contributed by atoms with van der Waals surface area (Å²) >= 11 is 0. The Labute approximate surface area is 119 Å². The van der Waals surface area contributed by atoms with E-state index in [0.717, 1.165) is 31.5 Å². The number of rotatable bonds is 2. The zero-order chi connectivity index (χ0) is 14.0. The quantitative estimate of drug-likeness (QED) is 0.892. The summed E-state index contributed by atoms with van der Waals surface area (Å²) in [5.41, 5.74) is 2.14. The van der Waals surface area contributed by atoms with Crippen molar-refractivity contribution in [2.45, 2.75) is 25.2 Å². The lowest BCUT2D eigenvalue weighted by atomic mass is 9.76. The van der Waals surface area contributed by atoms with Gasteiger partial charge in [-0.25, -0.2) is 0 Å². The van der Waals surface area contributed by atoms with Crippen molar-refractivity contribution in [1.29, 1.82) is 0 Å². The number of H-pyrrole nitrogens is 1. The van der Waals surface area contributed by atoms with Crippen molar-refractivity contribution >= 4 is 5.91 Å². The largest absolute Gasteiger partial charge is 0.367 e. The van der Waals surface area contributed by atoms with E-state index in [1.807, 2.05) is 17.0 Å². The molecule has 0 radical (unpaired) electrons. The van der Waals surface area contributed by atoms with E-state index in [2.05, 4.69) is 36.2 Å². The second-order valence-corrected chi connectivity index (χ2v) is 5.86. The third-order valence-electron chi connectivity index (χ3n) is 4.30. The molecule has 20 heavy (non-hydrogen) atoms. The normalized spacial score (nSPS) is 22.8. The molecule has 1 atom stereocenters. The molecule has 1 aromatic heterocycles. The first kappa shape index (κ1) is 13.0. The minimum Gasteiger partial charge on any atom is -0.367 e. The molecular weight excluding hydrogens is 248 g/mol. The summed E-state index contributed by atoms with van der Waals surface area (Å²) in [5, 5.41) is 0. The average Bonchev–Trinajstić information content (AvgIpc) is 3.02. The van der Waals surface area contributed by atoms with Gasteiger partial charge in [-0.15, -0.1) is 0 Å². The maximum absolute atomic E-state index is 12.5. The minimum atomic E-state index is 0.0610. The number of amides is 1. The lowest BCUT2D eigenvalue weighted by molar-refractivity contribution is 0.0651. The molecule has 3 nitrogen and oxygen atoms in total. The Morgan fingerprint density at radius 2 is 2.05 bits per heavy atom. The monoisotopic (exact) mass is 268 g/mol. The number of carbonyl (C=O) groups is 1. The van der Waals surface area contributed by atoms with E-state index in [4.69, 9.17) is 0 Å². The number of nitrogens with one attached hydrogen (secondary N) is 1. The summed E-state index contributed by atoms with van der Waals surface area (Å²) in [6.45, 7) is 3.91. The SMILES string of the molecule is CC1(c2ccccc2)CCCN(C(=O)c2cc[nH]c2)C1. The van der Waals surface area contributed by atoms with Gasteiger partial charge in [-0.3, -0.25) is 4.79 Å². The Bertz CT molecular complexity index is 576. The zero-order valence-electron chi connectivity index (χ0n) is 11.8. The second kappa shape index (κ2) is 5.16. The fourth-order valence-corrected chi connectivity index (χ4v) is 3.13. The molecule has 1 amide bonds. The molecule has 3 heteroatoms. The number of hydrogen-bond donors (Lipinski definition) is 1. The second-order valence-electron chi connectivity index (χ2n) is 5.86. The minimum absolute atomic E-state index is 0.0610. The molecule has 2 heterocycles. The van der Waals surface area contributed by atoms with E-state index in [0.29, 0.717) is 0 Å². The lowest BCUT2D eigenvalue weighted by Gasteiger charge is -2.41. The Morgan fingerprint density at radius 3 is 2.75 bits per heavy atom. The fraction of sp³-hybridized carbons (Fsp3) is 0.353. The molecule has 1 N–H and O–H groups in total. The number of likely N-dealkylation sites (tertiary alicyclic amines) is 1. The third kappa shape index (κ3) is 2.36. The first-order valence-electron chi connectivity index (χ1n) is 7.17. The van der Waals surface area contributed by atoms with Crippen LogP contribution in [0.2, 0.25) is 0 Å². The van der Waals surface area contributed by atoms with Gasteiger partial charge in [0.25, 0.3) is 5.91 Å². The zero-order valence-corrected chi connectivity index (χ0v) is 11.8. The molecule has 0 bridgehead atoms. The summed E-state index contributed by atoms with van der Waals surface area (Å²) in [4.78, 5) is 17.4. The van der Waals surface area contributed by atoms with Crippen LogP contribution in [0.3, 0.4) is 0 Å². The van der Waals surface area contributed by atoms with Gasteiger partial charge in [0.2, 0.25) is 0 Å². The smallest absolute Gasteiger partial charge is 0.255 e. The first-order chi connectivity index (χ1) is 9.69. The molecule has 3 rings (SSSR count). The predicted octanol–water partition coefficient (Wildman–Crippen LogP) is 3.21. The van der Waals surface area contributed by atoms with Crippen LogP contribution in [0.4, 0.5) is 0 Å². The summed E-state index contributed by atoms with van der Waals surface area (Å²) in [7, 11) is 0. The fourth-order valence-electron chi connectivity index (χ4n) is 3.13. The predicted molar refractivity (Wildman–Crippen MR) is 79.7 cm³/mol. The van der Waals surface area contributed by atoms with Crippen LogP contribution in [0.5, 0.6) is 0 Å². The van der Waals surface area contributed by atoms with Crippen molar-refractivity contribution in [3.05, 3.63) is 59.9 Å². The van der Waals surface area contributed by atoms with Crippen LogP contribution < -0.4 is 0 Å².